The molecule has 1 atom stereocenters. The average Bonchev–Trinajstić information content (AvgIpc) is 3.34. The summed E-state index contributed by atoms with van der Waals surface area (Å²) < 4.78 is 13.3. The maximum Gasteiger partial charge on any atom is 0.230 e. The first-order valence-corrected chi connectivity index (χ1v) is 9.99. The largest absolute Gasteiger partial charge is 0.351 e. The Bertz CT molecular complexity index is 769. The fourth-order valence-corrected chi connectivity index (χ4v) is 4.65. The number of nitrogens with zero attached hydrogens (tertiary/aromatic N) is 1. The van der Waals surface area contributed by atoms with Crippen molar-refractivity contribution in [2.45, 2.75) is 50.1 Å². The van der Waals surface area contributed by atoms with Crippen LogP contribution in [0.25, 0.3) is 0 Å². The van der Waals surface area contributed by atoms with Crippen LogP contribution in [0.4, 0.5) is 4.39 Å². The van der Waals surface area contributed by atoms with Crippen LogP contribution < -0.4 is 5.32 Å². The highest BCUT2D eigenvalue weighted by molar-refractivity contribution is 5.88. The van der Waals surface area contributed by atoms with Gasteiger partial charge in [-0.15, -0.1) is 0 Å². The number of amides is 1. The van der Waals surface area contributed by atoms with Crippen molar-refractivity contribution >= 4 is 5.91 Å². The summed E-state index contributed by atoms with van der Waals surface area (Å²) in [7, 11) is 0. The lowest BCUT2D eigenvalue weighted by molar-refractivity contribution is -0.127. The van der Waals surface area contributed by atoms with E-state index in [2.05, 4.69) is 34.5 Å². The SMILES string of the molecule is O=C(NC1CCN(Cc2ccccc2)C1)C1(c2ccc(F)cc2)CCCC1. The Kier molecular flexibility index (Phi) is 5.26. The minimum absolute atomic E-state index is 0.123. The number of nitrogens with one attached hydrogen (secondary N) is 1. The Morgan fingerprint density at radius 2 is 1.78 bits per heavy atom. The van der Waals surface area contributed by atoms with Crippen LogP contribution in [0.5, 0.6) is 0 Å². The van der Waals surface area contributed by atoms with E-state index in [0.717, 1.165) is 57.3 Å². The third kappa shape index (κ3) is 3.91. The maximum atomic E-state index is 13.3. The lowest BCUT2D eigenvalue weighted by atomic mass is 9.77. The molecule has 1 aliphatic carbocycles. The van der Waals surface area contributed by atoms with Crippen LogP contribution >= 0.6 is 0 Å². The van der Waals surface area contributed by atoms with Crippen molar-refractivity contribution in [3.05, 3.63) is 71.5 Å². The second kappa shape index (κ2) is 7.81. The van der Waals surface area contributed by atoms with Gasteiger partial charge in [0, 0.05) is 25.7 Å². The minimum Gasteiger partial charge on any atom is -0.351 e. The van der Waals surface area contributed by atoms with E-state index in [1.54, 1.807) is 12.1 Å². The normalized spacial score (nSPS) is 22.0. The fourth-order valence-electron chi connectivity index (χ4n) is 4.65. The quantitative estimate of drug-likeness (QED) is 0.867. The third-order valence-electron chi connectivity index (χ3n) is 6.15. The fraction of sp³-hybridized carbons (Fsp3) is 0.435. The Morgan fingerprint density at radius 1 is 1.07 bits per heavy atom. The molecule has 1 unspecified atom stereocenters. The van der Waals surface area contributed by atoms with Gasteiger partial charge < -0.3 is 5.32 Å². The van der Waals surface area contributed by atoms with Crippen LogP contribution in [-0.2, 0) is 16.8 Å². The number of likely N-dealkylation sites (tertiary alicyclic amines) is 1. The van der Waals surface area contributed by atoms with Gasteiger partial charge in [-0.3, -0.25) is 9.69 Å². The van der Waals surface area contributed by atoms with Gasteiger partial charge in [0.25, 0.3) is 0 Å². The number of hydrogen-bond acceptors (Lipinski definition) is 2. The second-order valence-electron chi connectivity index (χ2n) is 7.98. The molecule has 27 heavy (non-hydrogen) atoms. The van der Waals surface area contributed by atoms with Crippen LogP contribution in [0.3, 0.4) is 0 Å². The first-order chi connectivity index (χ1) is 13.2. The molecule has 3 nitrogen and oxygen atoms in total. The van der Waals surface area contributed by atoms with E-state index in [4.69, 9.17) is 0 Å². The number of carbonyl (C=O) groups is 1. The van der Waals surface area contributed by atoms with Gasteiger partial charge in [0.05, 0.1) is 5.41 Å². The molecule has 2 aromatic carbocycles. The van der Waals surface area contributed by atoms with Gasteiger partial charge in [-0.1, -0.05) is 55.3 Å². The van der Waals surface area contributed by atoms with E-state index in [1.807, 2.05) is 6.07 Å². The van der Waals surface area contributed by atoms with Gasteiger partial charge in [0.2, 0.25) is 5.91 Å². The predicted octanol–water partition coefficient (Wildman–Crippen LogP) is 4.03. The summed E-state index contributed by atoms with van der Waals surface area (Å²) in [5.41, 5.74) is 1.78. The lowest BCUT2D eigenvalue weighted by Crippen LogP contribution is -2.47. The Labute approximate surface area is 160 Å². The van der Waals surface area contributed by atoms with Crippen LogP contribution in [-0.4, -0.2) is 29.9 Å². The molecule has 4 rings (SSSR count). The van der Waals surface area contributed by atoms with E-state index in [-0.39, 0.29) is 17.8 Å². The van der Waals surface area contributed by atoms with Gasteiger partial charge in [0.1, 0.15) is 5.82 Å². The van der Waals surface area contributed by atoms with Gasteiger partial charge in [0.15, 0.2) is 0 Å². The number of halogens is 1. The number of benzene rings is 2. The number of hydrogen-bond donors (Lipinski definition) is 1. The summed E-state index contributed by atoms with van der Waals surface area (Å²) in [4.78, 5) is 15.7. The van der Waals surface area contributed by atoms with E-state index >= 15 is 0 Å². The Hall–Kier alpha value is -2.20. The van der Waals surface area contributed by atoms with Gasteiger partial charge in [-0.05, 0) is 42.5 Å². The highest BCUT2D eigenvalue weighted by atomic mass is 19.1. The summed E-state index contributed by atoms with van der Waals surface area (Å²) >= 11 is 0. The van der Waals surface area contributed by atoms with Crippen molar-refractivity contribution in [3.63, 3.8) is 0 Å². The maximum absolute atomic E-state index is 13.3. The molecule has 0 radical (unpaired) electrons. The zero-order chi connectivity index (χ0) is 18.7. The first-order valence-electron chi connectivity index (χ1n) is 9.99. The number of carbonyl (C=O) groups excluding carboxylic acids is 1. The van der Waals surface area contributed by atoms with Crippen molar-refractivity contribution in [3.8, 4) is 0 Å². The number of rotatable bonds is 5. The van der Waals surface area contributed by atoms with Crippen molar-refractivity contribution < 1.29 is 9.18 Å². The van der Waals surface area contributed by atoms with Gasteiger partial charge in [-0.2, -0.15) is 0 Å². The Balaban J connectivity index is 1.41. The van der Waals surface area contributed by atoms with Gasteiger partial charge >= 0.3 is 0 Å². The van der Waals surface area contributed by atoms with Crippen LogP contribution in [0.15, 0.2) is 54.6 Å². The van der Waals surface area contributed by atoms with E-state index in [9.17, 15) is 9.18 Å². The smallest absolute Gasteiger partial charge is 0.230 e. The van der Waals surface area contributed by atoms with Crippen molar-refractivity contribution in [2.24, 2.45) is 0 Å². The first kappa shape index (κ1) is 18.2. The second-order valence-corrected chi connectivity index (χ2v) is 7.98. The van der Waals surface area contributed by atoms with E-state index in [1.165, 1.54) is 17.7 Å². The summed E-state index contributed by atoms with van der Waals surface area (Å²) in [6.07, 6.45) is 4.79. The summed E-state index contributed by atoms with van der Waals surface area (Å²) in [6, 6.07) is 17.2. The van der Waals surface area contributed by atoms with Crippen LogP contribution in [0, 0.1) is 5.82 Å². The van der Waals surface area contributed by atoms with Crippen molar-refractivity contribution in [1.82, 2.24) is 10.2 Å². The molecule has 1 heterocycles. The highest BCUT2D eigenvalue weighted by Crippen LogP contribution is 2.41. The molecule has 4 heteroatoms. The molecule has 1 saturated carbocycles. The molecule has 1 N–H and O–H groups in total. The zero-order valence-corrected chi connectivity index (χ0v) is 15.7. The summed E-state index contributed by atoms with van der Waals surface area (Å²) in [5, 5.41) is 3.32. The molecule has 142 valence electrons. The highest BCUT2D eigenvalue weighted by Gasteiger charge is 2.43. The van der Waals surface area contributed by atoms with Crippen molar-refractivity contribution in [2.75, 3.05) is 13.1 Å². The van der Waals surface area contributed by atoms with Crippen LogP contribution in [0.2, 0.25) is 0 Å². The molecular formula is C23H27FN2O. The molecule has 1 aliphatic heterocycles. The predicted molar refractivity (Wildman–Crippen MR) is 105 cm³/mol. The third-order valence-corrected chi connectivity index (χ3v) is 6.15. The van der Waals surface area contributed by atoms with Gasteiger partial charge in [-0.25, -0.2) is 4.39 Å². The molecule has 1 saturated heterocycles. The molecule has 0 aromatic heterocycles. The van der Waals surface area contributed by atoms with E-state index < -0.39 is 5.41 Å². The van der Waals surface area contributed by atoms with Crippen LogP contribution in [0.1, 0.15) is 43.2 Å². The Morgan fingerprint density at radius 3 is 2.48 bits per heavy atom. The standard InChI is InChI=1S/C23H27FN2O/c24-20-10-8-19(9-11-20)23(13-4-5-14-23)22(27)25-21-12-15-26(17-21)16-18-6-2-1-3-7-18/h1-3,6-11,21H,4-5,12-17H2,(H,25,27). The molecule has 2 fully saturated rings. The van der Waals surface area contributed by atoms with Crippen molar-refractivity contribution in [1.29, 1.82) is 0 Å². The topological polar surface area (TPSA) is 32.3 Å². The lowest BCUT2D eigenvalue weighted by Gasteiger charge is -2.30. The molecule has 1 amide bonds. The minimum atomic E-state index is -0.486. The molecular weight excluding hydrogens is 339 g/mol. The zero-order valence-electron chi connectivity index (χ0n) is 15.7. The molecule has 2 aliphatic rings. The molecule has 2 aromatic rings. The van der Waals surface area contributed by atoms with E-state index in [0.29, 0.717) is 0 Å². The summed E-state index contributed by atoms with van der Waals surface area (Å²) in [5.74, 6) is -0.127. The molecule has 0 bridgehead atoms. The molecule has 0 spiro atoms. The monoisotopic (exact) mass is 366 g/mol. The summed E-state index contributed by atoms with van der Waals surface area (Å²) in [6.45, 7) is 2.82. The average molecular weight is 366 g/mol.